The molecule has 6 nitrogen and oxygen atoms in total. The van der Waals surface area contributed by atoms with Crippen LogP contribution in [0.15, 0.2) is 0 Å². The van der Waals surface area contributed by atoms with Crippen molar-refractivity contribution in [2.75, 3.05) is 32.4 Å². The minimum atomic E-state index is -3.37. The molecule has 1 aliphatic heterocycles. The molecule has 126 valence electrons. The normalized spacial score (nSPS) is 22.5. The third-order valence-electron chi connectivity index (χ3n) is 4.85. The van der Waals surface area contributed by atoms with Crippen LogP contribution in [-0.4, -0.2) is 67.7 Å². The van der Waals surface area contributed by atoms with Crippen LogP contribution in [0.4, 0.5) is 0 Å². The lowest BCUT2D eigenvalue weighted by molar-refractivity contribution is -0.142. The van der Waals surface area contributed by atoms with Gasteiger partial charge >= 0.3 is 0 Å². The highest BCUT2D eigenvalue weighted by Crippen LogP contribution is 2.25. The van der Waals surface area contributed by atoms with Gasteiger partial charge in [-0.3, -0.25) is 9.59 Å². The first-order chi connectivity index (χ1) is 10.3. The van der Waals surface area contributed by atoms with Crippen molar-refractivity contribution in [3.8, 4) is 0 Å². The number of rotatable bonds is 3. The molecule has 7 heteroatoms. The van der Waals surface area contributed by atoms with Crippen LogP contribution in [0.2, 0.25) is 0 Å². The van der Waals surface area contributed by atoms with Crippen LogP contribution >= 0.6 is 0 Å². The number of carbonyl (C=O) groups excluding carboxylic acids is 2. The highest BCUT2D eigenvalue weighted by Gasteiger charge is 2.33. The predicted molar refractivity (Wildman–Crippen MR) is 84.0 cm³/mol. The van der Waals surface area contributed by atoms with Gasteiger partial charge in [-0.05, 0) is 19.8 Å². The van der Waals surface area contributed by atoms with Gasteiger partial charge in [0.15, 0.2) is 9.84 Å². The van der Waals surface area contributed by atoms with E-state index in [1.807, 2.05) is 4.90 Å². The SMILES string of the molecule is CC(C(=O)N1CCN(C(=O)C2CCCCC2)CC1)S(C)(=O)=O. The number of nitrogens with zero attached hydrogens (tertiary/aromatic N) is 2. The maximum atomic E-state index is 12.4. The number of amides is 2. The lowest BCUT2D eigenvalue weighted by Gasteiger charge is -2.37. The Balaban J connectivity index is 1.87. The molecule has 1 aliphatic carbocycles. The summed E-state index contributed by atoms with van der Waals surface area (Å²) >= 11 is 0. The van der Waals surface area contributed by atoms with Crippen molar-refractivity contribution in [1.29, 1.82) is 0 Å². The van der Waals surface area contributed by atoms with Crippen LogP contribution in [0, 0.1) is 5.92 Å². The van der Waals surface area contributed by atoms with Gasteiger partial charge in [-0.2, -0.15) is 0 Å². The van der Waals surface area contributed by atoms with E-state index in [1.54, 1.807) is 4.90 Å². The van der Waals surface area contributed by atoms with Crippen molar-refractivity contribution >= 4 is 21.7 Å². The Morgan fingerprint density at radius 2 is 1.45 bits per heavy atom. The Morgan fingerprint density at radius 1 is 0.955 bits per heavy atom. The average Bonchev–Trinajstić information content (AvgIpc) is 2.53. The highest BCUT2D eigenvalue weighted by molar-refractivity contribution is 7.92. The van der Waals surface area contributed by atoms with E-state index in [1.165, 1.54) is 13.3 Å². The number of hydrogen-bond donors (Lipinski definition) is 0. The van der Waals surface area contributed by atoms with Gasteiger partial charge in [0, 0.05) is 38.4 Å². The fraction of sp³-hybridized carbons (Fsp3) is 0.867. The summed E-state index contributed by atoms with van der Waals surface area (Å²) in [6, 6.07) is 0. The Hall–Kier alpha value is -1.11. The Bertz CT molecular complexity index is 518. The standard InChI is InChI=1S/C15H26N2O4S/c1-12(22(2,20)21)14(18)16-8-10-17(11-9-16)15(19)13-6-4-3-5-7-13/h12-13H,3-11H2,1-2H3. The summed E-state index contributed by atoms with van der Waals surface area (Å²) in [6.45, 7) is 3.31. The summed E-state index contributed by atoms with van der Waals surface area (Å²) in [7, 11) is -3.37. The van der Waals surface area contributed by atoms with E-state index in [0.717, 1.165) is 31.9 Å². The van der Waals surface area contributed by atoms with E-state index in [9.17, 15) is 18.0 Å². The molecule has 0 spiro atoms. The summed E-state index contributed by atoms with van der Waals surface area (Å²) in [5, 5.41) is -1.01. The molecule has 2 rings (SSSR count). The van der Waals surface area contributed by atoms with Crippen molar-refractivity contribution < 1.29 is 18.0 Å². The fourth-order valence-electron chi connectivity index (χ4n) is 3.20. The Morgan fingerprint density at radius 3 is 1.95 bits per heavy atom. The minimum absolute atomic E-state index is 0.144. The van der Waals surface area contributed by atoms with Crippen molar-refractivity contribution in [2.24, 2.45) is 5.92 Å². The van der Waals surface area contributed by atoms with Crippen LogP contribution < -0.4 is 0 Å². The predicted octanol–water partition coefficient (Wildman–Crippen LogP) is 0.671. The molecular weight excluding hydrogens is 304 g/mol. The zero-order valence-corrected chi connectivity index (χ0v) is 14.3. The van der Waals surface area contributed by atoms with Gasteiger partial charge in [0.1, 0.15) is 5.25 Å². The van der Waals surface area contributed by atoms with Crippen molar-refractivity contribution in [2.45, 2.75) is 44.3 Å². The first-order valence-electron chi connectivity index (χ1n) is 8.07. The van der Waals surface area contributed by atoms with Gasteiger partial charge in [0.05, 0.1) is 0 Å². The first-order valence-corrected chi connectivity index (χ1v) is 10.0. The lowest BCUT2D eigenvalue weighted by Crippen LogP contribution is -2.54. The topological polar surface area (TPSA) is 74.8 Å². The summed E-state index contributed by atoms with van der Waals surface area (Å²) < 4.78 is 23.0. The molecule has 0 aromatic heterocycles. The molecule has 1 heterocycles. The molecule has 0 aromatic carbocycles. The Labute approximate surface area is 132 Å². The van der Waals surface area contributed by atoms with E-state index >= 15 is 0 Å². The first kappa shape index (κ1) is 17.2. The fourth-order valence-corrected chi connectivity index (χ4v) is 3.71. The van der Waals surface area contributed by atoms with Gasteiger partial charge in [-0.1, -0.05) is 19.3 Å². The second kappa shape index (κ2) is 6.98. The zero-order chi connectivity index (χ0) is 16.3. The molecule has 2 amide bonds. The van der Waals surface area contributed by atoms with Gasteiger partial charge in [0.2, 0.25) is 11.8 Å². The van der Waals surface area contributed by atoms with Crippen LogP contribution in [0.5, 0.6) is 0 Å². The maximum Gasteiger partial charge on any atom is 0.240 e. The number of sulfone groups is 1. The second-order valence-electron chi connectivity index (χ2n) is 6.46. The quantitative estimate of drug-likeness (QED) is 0.762. The van der Waals surface area contributed by atoms with Gasteiger partial charge in [-0.15, -0.1) is 0 Å². The third kappa shape index (κ3) is 4.00. The van der Waals surface area contributed by atoms with Crippen molar-refractivity contribution in [1.82, 2.24) is 9.80 Å². The zero-order valence-electron chi connectivity index (χ0n) is 13.5. The van der Waals surface area contributed by atoms with E-state index in [2.05, 4.69) is 0 Å². The molecule has 2 fully saturated rings. The molecule has 1 saturated carbocycles. The van der Waals surface area contributed by atoms with E-state index in [4.69, 9.17) is 0 Å². The monoisotopic (exact) mass is 330 g/mol. The number of hydrogen-bond acceptors (Lipinski definition) is 4. The summed E-state index contributed by atoms with van der Waals surface area (Å²) in [4.78, 5) is 28.0. The average molecular weight is 330 g/mol. The van der Waals surface area contributed by atoms with Gasteiger partial charge in [0.25, 0.3) is 0 Å². The summed E-state index contributed by atoms with van der Waals surface area (Å²) in [5.74, 6) is 0.00108. The van der Waals surface area contributed by atoms with E-state index < -0.39 is 15.1 Å². The van der Waals surface area contributed by atoms with Crippen LogP contribution in [-0.2, 0) is 19.4 Å². The van der Waals surface area contributed by atoms with Gasteiger partial charge in [-0.25, -0.2) is 8.42 Å². The molecule has 1 saturated heterocycles. The van der Waals surface area contributed by atoms with E-state index in [0.29, 0.717) is 26.2 Å². The third-order valence-corrected chi connectivity index (χ3v) is 6.33. The molecule has 0 radical (unpaired) electrons. The summed E-state index contributed by atoms with van der Waals surface area (Å²) in [5.41, 5.74) is 0. The minimum Gasteiger partial charge on any atom is -0.339 e. The van der Waals surface area contributed by atoms with Crippen molar-refractivity contribution in [3.05, 3.63) is 0 Å². The molecular formula is C15H26N2O4S. The molecule has 0 N–H and O–H groups in total. The van der Waals surface area contributed by atoms with Crippen molar-refractivity contribution in [3.63, 3.8) is 0 Å². The second-order valence-corrected chi connectivity index (χ2v) is 8.82. The molecule has 2 aliphatic rings. The van der Waals surface area contributed by atoms with Crippen LogP contribution in [0.25, 0.3) is 0 Å². The highest BCUT2D eigenvalue weighted by atomic mass is 32.2. The van der Waals surface area contributed by atoms with Gasteiger partial charge < -0.3 is 9.80 Å². The number of piperazine rings is 1. The largest absolute Gasteiger partial charge is 0.339 e. The lowest BCUT2D eigenvalue weighted by atomic mass is 9.88. The maximum absolute atomic E-state index is 12.4. The smallest absolute Gasteiger partial charge is 0.240 e. The summed E-state index contributed by atoms with van der Waals surface area (Å²) in [6.07, 6.45) is 6.50. The molecule has 0 aromatic rings. The molecule has 1 unspecified atom stereocenters. The number of carbonyl (C=O) groups is 2. The molecule has 1 atom stereocenters. The van der Waals surface area contributed by atoms with Crippen LogP contribution in [0.1, 0.15) is 39.0 Å². The molecule has 0 bridgehead atoms. The molecule has 22 heavy (non-hydrogen) atoms. The van der Waals surface area contributed by atoms with E-state index in [-0.39, 0.29) is 17.7 Å². The Kier molecular flexibility index (Phi) is 5.47. The van der Waals surface area contributed by atoms with Crippen LogP contribution in [0.3, 0.4) is 0 Å².